The van der Waals surface area contributed by atoms with Gasteiger partial charge in [0.2, 0.25) is 6.43 Å². The molecular weight excluding hydrogens is 176 g/mol. The van der Waals surface area contributed by atoms with Gasteiger partial charge in [-0.3, -0.25) is 4.90 Å². The molecule has 0 amide bonds. The third kappa shape index (κ3) is 1.36. The van der Waals surface area contributed by atoms with E-state index < -0.39 is 18.4 Å². The van der Waals surface area contributed by atoms with Crippen molar-refractivity contribution in [3.8, 4) is 0 Å². The normalized spacial score (nSPS) is 38.5. The highest BCUT2D eigenvalue weighted by atomic mass is 19.3. The minimum absolute atomic E-state index is 0.266. The van der Waals surface area contributed by atoms with E-state index in [1.807, 2.05) is 11.9 Å². The van der Waals surface area contributed by atoms with Gasteiger partial charge in [-0.05, 0) is 26.3 Å². The summed E-state index contributed by atoms with van der Waals surface area (Å²) in [4.78, 5) is 1.91. The fourth-order valence-corrected chi connectivity index (χ4v) is 2.59. The molecule has 0 bridgehead atoms. The molecule has 13 heavy (non-hydrogen) atoms. The average molecular weight is 191 g/mol. The van der Waals surface area contributed by atoms with Crippen molar-refractivity contribution in [3.05, 3.63) is 0 Å². The fraction of sp³-hybridized carbons (Fsp3) is 1.00. The Balaban J connectivity index is 2.14. The molecular formula is C9H15F2NO. The molecule has 1 saturated carbocycles. The van der Waals surface area contributed by atoms with Crippen molar-refractivity contribution in [1.29, 1.82) is 0 Å². The van der Waals surface area contributed by atoms with Crippen molar-refractivity contribution in [3.63, 3.8) is 0 Å². The van der Waals surface area contributed by atoms with Crippen LogP contribution in [0.1, 0.15) is 19.3 Å². The Labute approximate surface area is 76.5 Å². The van der Waals surface area contributed by atoms with Crippen LogP contribution in [0.4, 0.5) is 8.78 Å². The second-order valence-corrected chi connectivity index (χ2v) is 4.31. The van der Waals surface area contributed by atoms with E-state index in [1.54, 1.807) is 0 Å². The van der Waals surface area contributed by atoms with Crippen molar-refractivity contribution < 1.29 is 13.9 Å². The summed E-state index contributed by atoms with van der Waals surface area (Å²) in [7, 11) is 1.84. The lowest BCUT2D eigenvalue weighted by atomic mass is 9.86. The van der Waals surface area contributed by atoms with Gasteiger partial charge in [0.15, 0.2) is 0 Å². The molecule has 2 fully saturated rings. The molecule has 2 unspecified atom stereocenters. The van der Waals surface area contributed by atoms with E-state index >= 15 is 0 Å². The standard InChI is InChI=1S/C9H15F2NO/c1-12-5-6(13)4-7(8(10)11)9(12)2-3-9/h6-8,13H,2-5H2,1H3. The van der Waals surface area contributed by atoms with Crippen LogP contribution in [0.5, 0.6) is 0 Å². The predicted octanol–water partition coefficient (Wildman–Crippen LogP) is 1.10. The monoisotopic (exact) mass is 191 g/mol. The topological polar surface area (TPSA) is 23.5 Å². The van der Waals surface area contributed by atoms with Gasteiger partial charge in [-0.2, -0.15) is 0 Å². The second kappa shape index (κ2) is 2.89. The van der Waals surface area contributed by atoms with Crippen LogP contribution in [-0.4, -0.2) is 41.7 Å². The number of nitrogens with zero attached hydrogens (tertiary/aromatic N) is 1. The molecule has 2 atom stereocenters. The largest absolute Gasteiger partial charge is 0.392 e. The third-order valence-corrected chi connectivity index (χ3v) is 3.53. The van der Waals surface area contributed by atoms with Crippen LogP contribution >= 0.6 is 0 Å². The van der Waals surface area contributed by atoms with E-state index in [4.69, 9.17) is 0 Å². The first kappa shape index (κ1) is 9.34. The van der Waals surface area contributed by atoms with Gasteiger partial charge in [0.25, 0.3) is 0 Å². The van der Waals surface area contributed by atoms with E-state index in [0.29, 0.717) is 6.54 Å². The zero-order valence-electron chi connectivity index (χ0n) is 7.71. The lowest BCUT2D eigenvalue weighted by Gasteiger charge is -2.41. The number of halogens is 2. The molecule has 2 rings (SSSR count). The van der Waals surface area contributed by atoms with Crippen LogP contribution < -0.4 is 0 Å². The number of piperidine rings is 1. The Morgan fingerprint density at radius 1 is 1.46 bits per heavy atom. The van der Waals surface area contributed by atoms with Gasteiger partial charge in [-0.25, -0.2) is 8.78 Å². The summed E-state index contributed by atoms with van der Waals surface area (Å²) >= 11 is 0. The highest BCUT2D eigenvalue weighted by molar-refractivity contribution is 5.11. The predicted molar refractivity (Wildman–Crippen MR) is 44.7 cm³/mol. The summed E-state index contributed by atoms with van der Waals surface area (Å²) < 4.78 is 25.3. The summed E-state index contributed by atoms with van der Waals surface area (Å²) in [5.74, 6) is -0.624. The number of rotatable bonds is 1. The van der Waals surface area contributed by atoms with E-state index in [-0.39, 0.29) is 12.0 Å². The number of hydrogen-bond acceptors (Lipinski definition) is 2. The number of likely N-dealkylation sites (tertiary alicyclic amines) is 1. The van der Waals surface area contributed by atoms with E-state index in [0.717, 1.165) is 12.8 Å². The molecule has 1 N–H and O–H groups in total. The average Bonchev–Trinajstić information content (AvgIpc) is 2.78. The number of β-amino-alcohol motifs (C(OH)–C–C–N with tert-alkyl or cyclic N) is 1. The van der Waals surface area contributed by atoms with Gasteiger partial charge in [0.1, 0.15) is 0 Å². The smallest absolute Gasteiger partial charge is 0.243 e. The van der Waals surface area contributed by atoms with Crippen LogP contribution in [0.2, 0.25) is 0 Å². The maximum absolute atomic E-state index is 12.7. The number of likely N-dealkylation sites (N-methyl/N-ethyl adjacent to an activating group) is 1. The second-order valence-electron chi connectivity index (χ2n) is 4.31. The first-order chi connectivity index (χ1) is 6.06. The molecule has 1 saturated heterocycles. The molecule has 1 heterocycles. The molecule has 2 nitrogen and oxygen atoms in total. The quantitative estimate of drug-likeness (QED) is 0.670. The van der Waals surface area contributed by atoms with Gasteiger partial charge in [-0.1, -0.05) is 0 Å². The Kier molecular flexibility index (Phi) is 2.07. The van der Waals surface area contributed by atoms with E-state index in [1.165, 1.54) is 0 Å². The van der Waals surface area contributed by atoms with Gasteiger partial charge in [0, 0.05) is 18.0 Å². The van der Waals surface area contributed by atoms with E-state index in [2.05, 4.69) is 0 Å². The maximum atomic E-state index is 12.7. The summed E-state index contributed by atoms with van der Waals surface area (Å²) in [5, 5.41) is 9.38. The maximum Gasteiger partial charge on any atom is 0.243 e. The summed E-state index contributed by atoms with van der Waals surface area (Å²) in [5.41, 5.74) is -0.270. The Morgan fingerprint density at radius 3 is 2.54 bits per heavy atom. The van der Waals surface area contributed by atoms with Gasteiger partial charge >= 0.3 is 0 Å². The van der Waals surface area contributed by atoms with Gasteiger partial charge in [0.05, 0.1) is 6.10 Å². The lowest BCUT2D eigenvalue weighted by Crippen LogP contribution is -2.52. The summed E-state index contributed by atoms with van der Waals surface area (Å²) in [6.07, 6.45) is -0.867. The highest BCUT2D eigenvalue weighted by Gasteiger charge is 2.58. The molecule has 4 heteroatoms. The first-order valence-electron chi connectivity index (χ1n) is 4.74. The van der Waals surface area contributed by atoms with Gasteiger partial charge < -0.3 is 5.11 Å². The van der Waals surface area contributed by atoms with Crippen LogP contribution in [0.3, 0.4) is 0 Å². The molecule has 76 valence electrons. The van der Waals surface area contributed by atoms with Crippen molar-refractivity contribution in [1.82, 2.24) is 4.90 Å². The minimum atomic E-state index is -2.29. The molecule has 1 aliphatic heterocycles. The molecule has 0 radical (unpaired) electrons. The van der Waals surface area contributed by atoms with Crippen LogP contribution in [0.15, 0.2) is 0 Å². The van der Waals surface area contributed by atoms with Crippen molar-refractivity contribution in [2.45, 2.75) is 37.3 Å². The highest BCUT2D eigenvalue weighted by Crippen LogP contribution is 2.53. The third-order valence-electron chi connectivity index (χ3n) is 3.53. The van der Waals surface area contributed by atoms with Crippen LogP contribution in [0.25, 0.3) is 0 Å². The molecule has 0 aromatic heterocycles. The Morgan fingerprint density at radius 2 is 2.08 bits per heavy atom. The van der Waals surface area contributed by atoms with Gasteiger partial charge in [-0.15, -0.1) is 0 Å². The first-order valence-corrected chi connectivity index (χ1v) is 4.74. The fourth-order valence-electron chi connectivity index (χ4n) is 2.59. The summed E-state index contributed by atoms with van der Waals surface area (Å²) in [6.45, 7) is 0.545. The SMILES string of the molecule is CN1CC(O)CC(C(F)F)C12CC2. The summed E-state index contributed by atoms with van der Waals surface area (Å²) in [6, 6.07) is 0. The van der Waals surface area contributed by atoms with Crippen LogP contribution in [0, 0.1) is 5.92 Å². The van der Waals surface area contributed by atoms with Crippen LogP contribution in [-0.2, 0) is 0 Å². The van der Waals surface area contributed by atoms with E-state index in [9.17, 15) is 13.9 Å². The van der Waals surface area contributed by atoms with Crippen molar-refractivity contribution >= 4 is 0 Å². The number of aliphatic hydroxyl groups is 1. The molecule has 1 aliphatic carbocycles. The zero-order valence-corrected chi connectivity index (χ0v) is 7.71. The number of aliphatic hydroxyl groups excluding tert-OH is 1. The van der Waals surface area contributed by atoms with Crippen molar-refractivity contribution in [2.24, 2.45) is 5.92 Å². The molecule has 0 aromatic carbocycles. The molecule has 2 aliphatic rings. The molecule has 1 spiro atoms. The Hall–Kier alpha value is -0.220. The number of alkyl halides is 2. The molecule has 0 aromatic rings. The lowest BCUT2D eigenvalue weighted by molar-refractivity contribution is -0.0640. The minimum Gasteiger partial charge on any atom is -0.392 e. The number of hydrogen-bond donors (Lipinski definition) is 1. The zero-order chi connectivity index (χ0) is 9.64. The van der Waals surface area contributed by atoms with Crippen molar-refractivity contribution in [2.75, 3.05) is 13.6 Å². The Bertz CT molecular complexity index is 206.